The molecule has 26 heavy (non-hydrogen) atoms. The van der Waals surface area contributed by atoms with Crippen molar-refractivity contribution in [2.75, 3.05) is 26.2 Å². The number of nitrogens with zero attached hydrogens (tertiary/aromatic N) is 1. The van der Waals surface area contributed by atoms with Gasteiger partial charge in [-0.3, -0.25) is 9.59 Å². The number of likely N-dealkylation sites (tertiary alicyclic amines) is 1. The molecule has 2 amide bonds. The highest BCUT2D eigenvalue weighted by Crippen LogP contribution is 2.55. The highest BCUT2D eigenvalue weighted by atomic mass is 16.5. The molecule has 0 aliphatic carbocycles. The molecule has 7 nitrogen and oxygen atoms in total. The molecule has 0 aromatic heterocycles. The van der Waals surface area contributed by atoms with Crippen molar-refractivity contribution >= 4 is 11.8 Å². The molecule has 1 aromatic rings. The van der Waals surface area contributed by atoms with Crippen LogP contribution < -0.4 is 11.1 Å². The smallest absolute Gasteiger partial charge is 0.229 e. The molecule has 7 heteroatoms. The van der Waals surface area contributed by atoms with Gasteiger partial charge in [0.05, 0.1) is 30.1 Å². The number of nitrogens with two attached hydrogens (primary N) is 1. The number of amides is 2. The zero-order valence-corrected chi connectivity index (χ0v) is 14.7. The van der Waals surface area contributed by atoms with Gasteiger partial charge in [-0.05, 0) is 37.0 Å². The third-order valence-electron chi connectivity index (χ3n) is 5.95. The molecular formula is C19H25N3O4. The minimum atomic E-state index is -0.490. The normalized spacial score (nSPS) is 32.1. The van der Waals surface area contributed by atoms with Crippen molar-refractivity contribution < 1.29 is 19.4 Å². The van der Waals surface area contributed by atoms with Crippen LogP contribution in [0.1, 0.15) is 18.4 Å². The van der Waals surface area contributed by atoms with Gasteiger partial charge in [0.1, 0.15) is 5.75 Å². The summed E-state index contributed by atoms with van der Waals surface area (Å²) in [4.78, 5) is 27.3. The molecule has 0 saturated carbocycles. The lowest BCUT2D eigenvalue weighted by atomic mass is 9.73. The van der Waals surface area contributed by atoms with E-state index in [1.807, 2.05) is 12.1 Å². The molecule has 4 rings (SSSR count). The van der Waals surface area contributed by atoms with E-state index in [0.29, 0.717) is 32.6 Å². The monoisotopic (exact) mass is 359 g/mol. The molecule has 4 atom stereocenters. The number of rotatable bonds is 6. The molecule has 3 unspecified atom stereocenters. The number of carbonyl (C=O) groups is 2. The summed E-state index contributed by atoms with van der Waals surface area (Å²) >= 11 is 0. The second-order valence-corrected chi connectivity index (χ2v) is 7.52. The van der Waals surface area contributed by atoms with Crippen LogP contribution >= 0.6 is 0 Å². The molecule has 140 valence electrons. The number of hydrogen-bond donors (Lipinski definition) is 3. The number of hydrogen-bond acceptors (Lipinski definition) is 5. The zero-order valence-electron chi connectivity index (χ0n) is 14.7. The molecule has 1 spiro atoms. The molecule has 1 aromatic carbocycles. The molecule has 3 saturated heterocycles. The van der Waals surface area contributed by atoms with Crippen molar-refractivity contribution in [1.82, 2.24) is 10.2 Å². The summed E-state index contributed by atoms with van der Waals surface area (Å²) in [6.45, 7) is 1.98. The summed E-state index contributed by atoms with van der Waals surface area (Å²) in [5.74, 6) is -0.635. The Morgan fingerprint density at radius 3 is 2.88 bits per heavy atom. The van der Waals surface area contributed by atoms with Crippen molar-refractivity contribution in [3.05, 3.63) is 29.8 Å². The predicted octanol–water partition coefficient (Wildman–Crippen LogP) is 0.0156. The number of nitrogens with one attached hydrogen (secondary N) is 1. The maximum absolute atomic E-state index is 12.8. The first-order valence-electron chi connectivity index (χ1n) is 9.26. The third-order valence-corrected chi connectivity index (χ3v) is 5.95. The minimum absolute atomic E-state index is 0.0105. The van der Waals surface area contributed by atoms with Gasteiger partial charge in [-0.15, -0.1) is 0 Å². The van der Waals surface area contributed by atoms with E-state index in [1.165, 1.54) is 0 Å². The Bertz CT molecular complexity index is 707. The standard InChI is InChI=1S/C19H25N3O4/c20-8-10-22-11-19-7-5-14(26-19)15(16(19)18(22)25)17(24)21-9-6-12-1-3-13(23)4-2-12/h1-4,14-16,23H,5-11,20H2,(H,21,24)/t14?,15?,16?,19-/m0/s1. The third kappa shape index (κ3) is 2.75. The van der Waals surface area contributed by atoms with Crippen LogP contribution in [-0.4, -0.2) is 59.7 Å². The molecule has 3 fully saturated rings. The summed E-state index contributed by atoms with van der Waals surface area (Å²) in [6.07, 6.45) is 2.19. The summed E-state index contributed by atoms with van der Waals surface area (Å²) in [5.41, 5.74) is 6.16. The van der Waals surface area contributed by atoms with Crippen molar-refractivity contribution in [2.24, 2.45) is 17.6 Å². The van der Waals surface area contributed by atoms with Gasteiger partial charge < -0.3 is 25.8 Å². The fourth-order valence-corrected chi connectivity index (χ4v) is 4.80. The molecule has 3 heterocycles. The lowest BCUT2D eigenvalue weighted by Crippen LogP contribution is -2.46. The Morgan fingerprint density at radius 1 is 1.38 bits per heavy atom. The van der Waals surface area contributed by atoms with Crippen LogP contribution in [0.15, 0.2) is 24.3 Å². The average Bonchev–Trinajstić information content (AvgIpc) is 3.26. The van der Waals surface area contributed by atoms with E-state index >= 15 is 0 Å². The number of fused-ring (bicyclic) bond motifs is 1. The topological polar surface area (TPSA) is 105 Å². The molecule has 3 aliphatic rings. The summed E-state index contributed by atoms with van der Waals surface area (Å²) in [7, 11) is 0. The Balaban J connectivity index is 1.40. The molecule has 2 bridgehead atoms. The molecule has 0 radical (unpaired) electrons. The summed E-state index contributed by atoms with van der Waals surface area (Å²) in [5, 5.41) is 12.3. The van der Waals surface area contributed by atoms with Crippen LogP contribution in [0.3, 0.4) is 0 Å². The second-order valence-electron chi connectivity index (χ2n) is 7.52. The van der Waals surface area contributed by atoms with E-state index in [-0.39, 0.29) is 29.6 Å². The molecule has 3 aliphatic heterocycles. The first kappa shape index (κ1) is 17.3. The van der Waals surface area contributed by atoms with E-state index in [1.54, 1.807) is 17.0 Å². The van der Waals surface area contributed by atoms with Crippen molar-refractivity contribution in [1.29, 1.82) is 0 Å². The number of phenolic OH excluding ortho intramolecular Hbond substituents is 1. The van der Waals surface area contributed by atoms with Gasteiger partial charge in [-0.2, -0.15) is 0 Å². The van der Waals surface area contributed by atoms with Crippen LogP contribution in [0.2, 0.25) is 0 Å². The van der Waals surface area contributed by atoms with E-state index in [9.17, 15) is 14.7 Å². The first-order chi connectivity index (χ1) is 12.5. The van der Waals surface area contributed by atoms with Crippen LogP contribution in [0.4, 0.5) is 0 Å². The Morgan fingerprint density at radius 2 is 2.15 bits per heavy atom. The fourth-order valence-electron chi connectivity index (χ4n) is 4.80. The summed E-state index contributed by atoms with van der Waals surface area (Å²) < 4.78 is 6.15. The van der Waals surface area contributed by atoms with E-state index < -0.39 is 11.5 Å². The van der Waals surface area contributed by atoms with Gasteiger partial charge in [0.25, 0.3) is 0 Å². The predicted molar refractivity (Wildman–Crippen MR) is 94.3 cm³/mol. The average molecular weight is 359 g/mol. The Kier molecular flexibility index (Phi) is 4.36. The van der Waals surface area contributed by atoms with E-state index in [0.717, 1.165) is 18.4 Å². The fraction of sp³-hybridized carbons (Fsp3) is 0.579. The van der Waals surface area contributed by atoms with Crippen molar-refractivity contribution in [3.8, 4) is 5.75 Å². The Hall–Kier alpha value is -2.12. The van der Waals surface area contributed by atoms with Gasteiger partial charge in [0.2, 0.25) is 11.8 Å². The van der Waals surface area contributed by atoms with Crippen LogP contribution in [0.25, 0.3) is 0 Å². The molecule has 4 N–H and O–H groups in total. The second kappa shape index (κ2) is 6.55. The number of aromatic hydroxyl groups is 1. The molecular weight excluding hydrogens is 334 g/mol. The van der Waals surface area contributed by atoms with Crippen molar-refractivity contribution in [3.63, 3.8) is 0 Å². The number of phenols is 1. The maximum atomic E-state index is 12.8. The lowest BCUT2D eigenvalue weighted by Gasteiger charge is -2.27. The van der Waals surface area contributed by atoms with Gasteiger partial charge in [0, 0.05) is 19.6 Å². The quantitative estimate of drug-likeness (QED) is 0.664. The van der Waals surface area contributed by atoms with Gasteiger partial charge >= 0.3 is 0 Å². The van der Waals surface area contributed by atoms with Gasteiger partial charge in [-0.25, -0.2) is 0 Å². The van der Waals surface area contributed by atoms with Crippen molar-refractivity contribution in [2.45, 2.75) is 31.0 Å². The Labute approximate surface area is 152 Å². The minimum Gasteiger partial charge on any atom is -0.508 e. The van der Waals surface area contributed by atoms with Crippen LogP contribution in [-0.2, 0) is 20.7 Å². The number of carbonyl (C=O) groups excluding carboxylic acids is 2. The highest BCUT2D eigenvalue weighted by Gasteiger charge is 2.68. The first-order valence-corrected chi connectivity index (χ1v) is 9.26. The van der Waals surface area contributed by atoms with E-state index in [4.69, 9.17) is 10.5 Å². The van der Waals surface area contributed by atoms with Gasteiger partial charge in [0.15, 0.2) is 0 Å². The highest BCUT2D eigenvalue weighted by molar-refractivity contribution is 5.92. The largest absolute Gasteiger partial charge is 0.508 e. The van der Waals surface area contributed by atoms with E-state index in [2.05, 4.69) is 5.32 Å². The zero-order chi connectivity index (χ0) is 18.3. The summed E-state index contributed by atoms with van der Waals surface area (Å²) in [6, 6.07) is 6.94. The SMILES string of the molecule is NCCN1C[C@]23CCC(O2)C(C(=O)NCCc2ccc(O)cc2)C3C1=O. The number of ether oxygens (including phenoxy) is 1. The van der Waals surface area contributed by atoms with Crippen LogP contribution in [0.5, 0.6) is 5.75 Å². The number of benzene rings is 1. The van der Waals surface area contributed by atoms with Gasteiger partial charge in [-0.1, -0.05) is 12.1 Å². The van der Waals surface area contributed by atoms with Crippen LogP contribution in [0, 0.1) is 11.8 Å². The lowest BCUT2D eigenvalue weighted by molar-refractivity contribution is -0.138. The maximum Gasteiger partial charge on any atom is 0.229 e.